The molecule has 0 saturated heterocycles. The Morgan fingerprint density at radius 3 is 2.62 bits per heavy atom. The van der Waals surface area contributed by atoms with Crippen LogP contribution in [0.3, 0.4) is 0 Å². The molecule has 0 saturated carbocycles. The molecule has 0 fully saturated rings. The Balaban J connectivity index is 1.70. The minimum Gasteiger partial charge on any atom is -0.306 e. The summed E-state index contributed by atoms with van der Waals surface area (Å²) in [5, 5.41) is 12.1. The smallest absolute Gasteiger partial charge is 0.306 e. The Hall–Kier alpha value is -2.67. The number of H-pyrrole nitrogens is 1. The van der Waals surface area contributed by atoms with Crippen molar-refractivity contribution in [2.75, 3.05) is 18.4 Å². The molecule has 156 valence electrons. The molecule has 1 aromatic heterocycles. The van der Waals surface area contributed by atoms with E-state index in [1.54, 1.807) is 6.07 Å². The number of hydrogen-bond acceptors (Lipinski definition) is 4. The van der Waals surface area contributed by atoms with Crippen LogP contribution in [0, 0.1) is 0 Å². The second kappa shape index (κ2) is 9.69. The van der Waals surface area contributed by atoms with Gasteiger partial charge < -0.3 is 5.32 Å². The third-order valence-corrected chi connectivity index (χ3v) is 5.25. The highest BCUT2D eigenvalue weighted by Crippen LogP contribution is 2.40. The summed E-state index contributed by atoms with van der Waals surface area (Å²) in [6, 6.07) is 5.16. The number of aromatic nitrogens is 2. The summed E-state index contributed by atoms with van der Waals surface area (Å²) in [6.45, 7) is 7.88. The summed E-state index contributed by atoms with van der Waals surface area (Å²) in [6.07, 6.45) is 6.26. The lowest BCUT2D eigenvalue weighted by atomic mass is 10.1. The van der Waals surface area contributed by atoms with Crippen LogP contribution in [0.5, 0.6) is 0 Å². The molecular weight excluding hydrogens is 366 g/mol. The van der Waals surface area contributed by atoms with E-state index in [1.165, 1.54) is 12.8 Å². The Kier molecular flexibility index (Phi) is 7.04. The fraction of sp³-hybridized carbons (Fsp3) is 0.500. The zero-order valence-corrected chi connectivity index (χ0v) is 17.6. The Morgan fingerprint density at radius 1 is 1.07 bits per heavy atom. The number of urea groups is 1. The van der Waals surface area contributed by atoms with Crippen LogP contribution in [-0.4, -0.2) is 40.1 Å². The number of carbonyl (C=O) groups excluding carboxylic acids is 2. The molecule has 1 aliphatic carbocycles. The van der Waals surface area contributed by atoms with Crippen molar-refractivity contribution in [3.63, 3.8) is 0 Å². The zero-order valence-electron chi connectivity index (χ0n) is 17.6. The van der Waals surface area contributed by atoms with Crippen molar-refractivity contribution in [2.24, 2.45) is 0 Å². The summed E-state index contributed by atoms with van der Waals surface area (Å²) < 4.78 is 0. The van der Waals surface area contributed by atoms with Gasteiger partial charge in [-0.05, 0) is 25.3 Å². The lowest BCUT2D eigenvalue weighted by Gasteiger charge is -2.23. The number of nitrogens with zero attached hydrogens (tertiary/aromatic N) is 2. The third kappa shape index (κ3) is 4.50. The molecule has 0 atom stereocenters. The topological polar surface area (TPSA) is 90.1 Å². The first-order chi connectivity index (χ1) is 14.1. The Bertz CT molecular complexity index is 874. The van der Waals surface area contributed by atoms with Gasteiger partial charge in [-0.1, -0.05) is 52.2 Å². The number of unbranched alkanes of at least 4 members (excludes halogenated alkanes) is 3. The van der Waals surface area contributed by atoms with Crippen LogP contribution in [0.25, 0.3) is 11.3 Å². The van der Waals surface area contributed by atoms with E-state index in [9.17, 15) is 9.59 Å². The van der Waals surface area contributed by atoms with Crippen molar-refractivity contribution in [1.82, 2.24) is 20.6 Å². The van der Waals surface area contributed by atoms with Gasteiger partial charge in [-0.15, -0.1) is 0 Å². The first kappa shape index (κ1) is 21.0. The molecule has 0 radical (unpaired) electrons. The van der Waals surface area contributed by atoms with Gasteiger partial charge in [0.1, 0.15) is 5.69 Å². The van der Waals surface area contributed by atoms with Crippen LogP contribution in [-0.2, 0) is 6.42 Å². The molecule has 1 aliphatic rings. The van der Waals surface area contributed by atoms with Crippen LogP contribution in [0.4, 0.5) is 10.5 Å². The van der Waals surface area contributed by atoms with Crippen LogP contribution in [0.1, 0.15) is 74.5 Å². The molecule has 7 heteroatoms. The first-order valence-corrected chi connectivity index (χ1v) is 10.7. The largest absolute Gasteiger partial charge is 0.333 e. The van der Waals surface area contributed by atoms with Crippen molar-refractivity contribution >= 4 is 17.5 Å². The van der Waals surface area contributed by atoms with Crippen molar-refractivity contribution in [1.29, 1.82) is 0 Å². The van der Waals surface area contributed by atoms with Crippen LogP contribution >= 0.6 is 0 Å². The number of hydrogen-bond donors (Lipinski definition) is 3. The van der Waals surface area contributed by atoms with Gasteiger partial charge in [-0.25, -0.2) is 9.80 Å². The van der Waals surface area contributed by atoms with Gasteiger partial charge in [-0.3, -0.25) is 15.3 Å². The molecule has 1 heterocycles. The molecule has 2 aromatic rings. The average Bonchev–Trinajstić information content (AvgIpc) is 3.25. The van der Waals surface area contributed by atoms with E-state index in [4.69, 9.17) is 0 Å². The normalized spacial score (nSPS) is 12.2. The third-order valence-electron chi connectivity index (χ3n) is 5.25. The van der Waals surface area contributed by atoms with E-state index in [1.807, 2.05) is 24.1 Å². The maximum Gasteiger partial charge on any atom is 0.333 e. The minimum atomic E-state index is -0.322. The zero-order chi connectivity index (χ0) is 20.8. The molecule has 0 spiro atoms. The minimum absolute atomic E-state index is 0.0820. The molecule has 1 aromatic carbocycles. The van der Waals surface area contributed by atoms with Gasteiger partial charge in [-0.2, -0.15) is 5.10 Å². The monoisotopic (exact) mass is 397 g/mol. The molecular formula is C22H31N5O2. The van der Waals surface area contributed by atoms with Gasteiger partial charge >= 0.3 is 6.03 Å². The number of carbonyl (C=O) groups is 2. The Labute approximate surface area is 172 Å². The average molecular weight is 398 g/mol. The first-order valence-electron chi connectivity index (χ1n) is 10.7. The second-order valence-corrected chi connectivity index (χ2v) is 7.45. The quantitative estimate of drug-likeness (QED) is 0.347. The van der Waals surface area contributed by atoms with Crippen LogP contribution in [0.2, 0.25) is 0 Å². The van der Waals surface area contributed by atoms with Crippen molar-refractivity contribution in [3.05, 3.63) is 35.0 Å². The second-order valence-electron chi connectivity index (χ2n) is 7.45. The molecule has 0 aliphatic heterocycles. The SMILES string of the molecule is CCCCCCN(CCC)NC(=O)Nc1cccc2c1C(=O)c1c-2n[nH]c1CC. The van der Waals surface area contributed by atoms with Gasteiger partial charge in [0.05, 0.1) is 16.8 Å². The molecule has 29 heavy (non-hydrogen) atoms. The molecule has 3 N–H and O–H groups in total. The number of aryl methyl sites for hydroxylation is 1. The standard InChI is InChI=1S/C22H31N5O2/c1-4-7-8-9-14-27(13-5-2)26-22(29)23-17-12-10-11-15-18(17)21(28)19-16(6-3)24-25-20(15)19/h10-12H,4-9,13-14H2,1-3H3,(H,24,25)(H2,23,26,29). The van der Waals surface area contributed by atoms with Gasteiger partial charge in [0.15, 0.2) is 5.78 Å². The van der Waals surface area contributed by atoms with Crippen molar-refractivity contribution < 1.29 is 9.59 Å². The maximum atomic E-state index is 13.0. The summed E-state index contributed by atoms with van der Waals surface area (Å²) >= 11 is 0. The number of hydrazine groups is 1. The number of ketones is 1. The van der Waals surface area contributed by atoms with E-state index in [2.05, 4.69) is 34.8 Å². The molecule has 7 nitrogen and oxygen atoms in total. The number of benzene rings is 1. The number of amides is 2. The highest BCUT2D eigenvalue weighted by molar-refractivity contribution is 6.25. The highest BCUT2D eigenvalue weighted by Gasteiger charge is 2.34. The van der Waals surface area contributed by atoms with Crippen molar-refractivity contribution in [3.8, 4) is 11.3 Å². The van der Waals surface area contributed by atoms with Gasteiger partial charge in [0.2, 0.25) is 0 Å². The summed E-state index contributed by atoms with van der Waals surface area (Å²) in [5.74, 6) is -0.0820. The van der Waals surface area contributed by atoms with Crippen LogP contribution < -0.4 is 10.7 Å². The lowest BCUT2D eigenvalue weighted by Crippen LogP contribution is -2.45. The molecule has 2 amide bonds. The number of nitrogens with one attached hydrogen (secondary N) is 3. The number of anilines is 1. The molecule has 3 rings (SSSR count). The number of rotatable bonds is 10. The fourth-order valence-electron chi connectivity index (χ4n) is 3.81. The lowest BCUT2D eigenvalue weighted by molar-refractivity contribution is 0.104. The fourth-order valence-corrected chi connectivity index (χ4v) is 3.81. The predicted octanol–water partition coefficient (Wildman–Crippen LogP) is 4.51. The van der Waals surface area contributed by atoms with Crippen molar-refractivity contribution in [2.45, 2.75) is 59.3 Å². The number of aromatic amines is 1. The summed E-state index contributed by atoms with van der Waals surface area (Å²) in [5.41, 5.74) is 6.88. The van der Waals surface area contributed by atoms with E-state index < -0.39 is 0 Å². The van der Waals surface area contributed by atoms with E-state index in [-0.39, 0.29) is 11.8 Å². The van der Waals surface area contributed by atoms with Gasteiger partial charge in [0, 0.05) is 24.3 Å². The van der Waals surface area contributed by atoms with E-state index in [0.29, 0.717) is 28.9 Å². The number of fused-ring (bicyclic) bond motifs is 3. The van der Waals surface area contributed by atoms with Crippen LogP contribution in [0.15, 0.2) is 18.2 Å². The Morgan fingerprint density at radius 2 is 1.90 bits per heavy atom. The highest BCUT2D eigenvalue weighted by atomic mass is 16.2. The van der Waals surface area contributed by atoms with E-state index in [0.717, 1.165) is 43.6 Å². The predicted molar refractivity (Wildman–Crippen MR) is 115 cm³/mol. The summed E-state index contributed by atoms with van der Waals surface area (Å²) in [4.78, 5) is 25.6. The summed E-state index contributed by atoms with van der Waals surface area (Å²) in [7, 11) is 0. The molecule has 0 bridgehead atoms. The molecule has 0 unspecified atom stereocenters. The van der Waals surface area contributed by atoms with E-state index >= 15 is 0 Å². The van der Waals surface area contributed by atoms with Gasteiger partial charge in [0.25, 0.3) is 0 Å². The maximum absolute atomic E-state index is 13.0.